The molecule has 0 unspecified atom stereocenters. The van der Waals surface area contributed by atoms with Gasteiger partial charge >= 0.3 is 5.69 Å². The summed E-state index contributed by atoms with van der Waals surface area (Å²) in [5, 5.41) is 18.0. The van der Waals surface area contributed by atoms with Crippen molar-refractivity contribution in [1.82, 2.24) is 24.2 Å². The van der Waals surface area contributed by atoms with Crippen LogP contribution in [0.1, 0.15) is 41.7 Å². The Balaban J connectivity index is 1.17. The molecule has 2 heterocycles. The van der Waals surface area contributed by atoms with Crippen molar-refractivity contribution in [2.45, 2.75) is 51.7 Å². The summed E-state index contributed by atoms with van der Waals surface area (Å²) in [4.78, 5) is 26.9. The molecule has 39 heavy (non-hydrogen) atoms. The summed E-state index contributed by atoms with van der Waals surface area (Å²) in [6.07, 6.45) is 3.57. The molecule has 2 aromatic heterocycles. The number of hydrogen-bond acceptors (Lipinski definition) is 4. The fourth-order valence-electron chi connectivity index (χ4n) is 5.91. The third-order valence-electron chi connectivity index (χ3n) is 7.92. The number of carbonyl (C=O) groups excluding carboxylic acids is 1. The average molecular weight is 524 g/mol. The number of aryl methyl sites for hydroxylation is 1. The van der Waals surface area contributed by atoms with Crippen molar-refractivity contribution in [3.05, 3.63) is 94.5 Å². The number of aliphatic hydroxyl groups excluding tert-OH is 1. The Morgan fingerprint density at radius 1 is 0.949 bits per heavy atom. The van der Waals surface area contributed by atoms with Gasteiger partial charge in [0.25, 0.3) is 5.91 Å². The van der Waals surface area contributed by atoms with E-state index >= 15 is 0 Å². The first-order valence-electron chi connectivity index (χ1n) is 13.7. The number of aliphatic hydroxyl groups is 1. The van der Waals surface area contributed by atoms with E-state index in [1.54, 1.807) is 9.25 Å². The van der Waals surface area contributed by atoms with Gasteiger partial charge in [0, 0.05) is 18.0 Å². The van der Waals surface area contributed by atoms with E-state index in [-0.39, 0.29) is 30.8 Å². The summed E-state index contributed by atoms with van der Waals surface area (Å²) < 4.78 is 5.32. The molecule has 0 atom stereocenters. The summed E-state index contributed by atoms with van der Waals surface area (Å²) in [6.45, 7) is 2.89. The van der Waals surface area contributed by atoms with Crippen LogP contribution in [-0.2, 0) is 13.1 Å². The van der Waals surface area contributed by atoms with Gasteiger partial charge in [-0.2, -0.15) is 5.10 Å². The summed E-state index contributed by atoms with van der Waals surface area (Å²) >= 11 is 0. The van der Waals surface area contributed by atoms with Crippen LogP contribution in [0.25, 0.3) is 27.6 Å². The van der Waals surface area contributed by atoms with Gasteiger partial charge in [0.15, 0.2) is 0 Å². The van der Waals surface area contributed by atoms with Crippen molar-refractivity contribution in [3.8, 4) is 5.69 Å². The lowest BCUT2D eigenvalue weighted by Gasteiger charge is -2.29. The van der Waals surface area contributed by atoms with Gasteiger partial charge in [0.1, 0.15) is 5.69 Å². The van der Waals surface area contributed by atoms with Crippen LogP contribution in [0.2, 0.25) is 0 Å². The minimum Gasteiger partial charge on any atom is -0.394 e. The van der Waals surface area contributed by atoms with E-state index in [0.717, 1.165) is 58.9 Å². The Morgan fingerprint density at radius 3 is 2.38 bits per heavy atom. The van der Waals surface area contributed by atoms with Crippen LogP contribution in [0.3, 0.4) is 0 Å². The first-order chi connectivity index (χ1) is 19.0. The first kappa shape index (κ1) is 25.1. The Labute approximate surface area is 226 Å². The number of para-hydroxylation sites is 2. The monoisotopic (exact) mass is 523 g/mol. The molecule has 1 saturated carbocycles. The van der Waals surface area contributed by atoms with Crippen LogP contribution >= 0.6 is 0 Å². The zero-order valence-electron chi connectivity index (χ0n) is 22.1. The Hall–Kier alpha value is -4.17. The van der Waals surface area contributed by atoms with Crippen molar-refractivity contribution in [2.24, 2.45) is 5.92 Å². The maximum Gasteiger partial charge on any atom is 0.333 e. The highest BCUT2D eigenvalue weighted by Gasteiger charge is 2.27. The van der Waals surface area contributed by atoms with Crippen LogP contribution in [-0.4, -0.2) is 42.6 Å². The van der Waals surface area contributed by atoms with Crippen molar-refractivity contribution >= 4 is 27.8 Å². The molecule has 0 aliphatic heterocycles. The number of nitrogens with zero attached hydrogens (tertiary/aromatic N) is 4. The number of amides is 1. The second kappa shape index (κ2) is 10.5. The second-order valence-corrected chi connectivity index (χ2v) is 10.6. The molecule has 1 aliphatic rings. The van der Waals surface area contributed by atoms with Gasteiger partial charge in [0.05, 0.1) is 35.4 Å². The molecular formula is C31H33N5O3. The molecule has 5 aromatic rings. The van der Waals surface area contributed by atoms with Gasteiger partial charge < -0.3 is 10.4 Å². The molecule has 1 fully saturated rings. The molecule has 8 nitrogen and oxygen atoms in total. The number of benzene rings is 3. The fourth-order valence-corrected chi connectivity index (χ4v) is 5.91. The molecule has 2 N–H and O–H groups in total. The number of aromatic nitrogens is 4. The fraction of sp³-hybridized carbons (Fsp3) is 0.323. The molecule has 200 valence electrons. The van der Waals surface area contributed by atoms with E-state index in [2.05, 4.69) is 10.4 Å². The summed E-state index contributed by atoms with van der Waals surface area (Å²) in [5.74, 6) is 0.201. The zero-order chi connectivity index (χ0) is 26.9. The zero-order valence-corrected chi connectivity index (χ0v) is 22.1. The lowest BCUT2D eigenvalue weighted by atomic mass is 9.86. The number of nitrogens with one attached hydrogen (secondary N) is 1. The van der Waals surface area contributed by atoms with E-state index in [9.17, 15) is 14.7 Å². The number of fused-ring (bicyclic) bond motifs is 2. The molecule has 6 rings (SSSR count). The maximum atomic E-state index is 13.6. The van der Waals surface area contributed by atoms with Crippen molar-refractivity contribution in [2.75, 3.05) is 6.61 Å². The van der Waals surface area contributed by atoms with Crippen LogP contribution in [0.4, 0.5) is 0 Å². The summed E-state index contributed by atoms with van der Waals surface area (Å²) in [5.41, 5.74) is 5.12. The maximum absolute atomic E-state index is 13.6. The largest absolute Gasteiger partial charge is 0.394 e. The molecule has 0 radical (unpaired) electrons. The number of imidazole rings is 1. The molecule has 0 bridgehead atoms. The highest BCUT2D eigenvalue weighted by Crippen LogP contribution is 2.28. The third-order valence-corrected chi connectivity index (χ3v) is 7.92. The minimum absolute atomic E-state index is 0.0143. The van der Waals surface area contributed by atoms with Gasteiger partial charge in [0.2, 0.25) is 0 Å². The predicted octanol–water partition coefficient (Wildman–Crippen LogP) is 4.43. The average Bonchev–Trinajstić information content (AvgIpc) is 3.45. The predicted molar refractivity (Wildman–Crippen MR) is 152 cm³/mol. The van der Waals surface area contributed by atoms with Crippen LogP contribution < -0.4 is 11.0 Å². The van der Waals surface area contributed by atoms with Gasteiger partial charge in [-0.1, -0.05) is 48.0 Å². The number of hydrogen-bond donors (Lipinski definition) is 2. The molecule has 3 aromatic carbocycles. The normalized spacial score (nSPS) is 17.6. The van der Waals surface area contributed by atoms with Gasteiger partial charge in [-0.25, -0.2) is 4.79 Å². The molecular weight excluding hydrogens is 490 g/mol. The molecule has 1 amide bonds. The Morgan fingerprint density at radius 2 is 1.64 bits per heavy atom. The molecule has 0 saturated heterocycles. The summed E-state index contributed by atoms with van der Waals surface area (Å²) in [6, 6.07) is 23.7. The van der Waals surface area contributed by atoms with E-state index in [1.807, 2.05) is 84.3 Å². The highest BCUT2D eigenvalue weighted by atomic mass is 16.3. The van der Waals surface area contributed by atoms with Crippen molar-refractivity contribution in [1.29, 1.82) is 0 Å². The minimum atomic E-state index is -0.155. The lowest BCUT2D eigenvalue weighted by molar-refractivity contribution is 0.0909. The SMILES string of the molecule is Cc1ccc(-n2c(=O)n(C[C@H]3CC[C@H](NC(=O)c4c5ccccc5nn4CCO)CC3)c3ccccc32)cc1. The highest BCUT2D eigenvalue weighted by molar-refractivity contribution is 6.05. The number of rotatable bonds is 7. The number of carbonyl (C=O) groups is 1. The molecule has 8 heteroatoms. The first-order valence-corrected chi connectivity index (χ1v) is 13.7. The molecule has 0 spiro atoms. The van der Waals surface area contributed by atoms with Crippen LogP contribution in [0.15, 0.2) is 77.6 Å². The lowest BCUT2D eigenvalue weighted by Crippen LogP contribution is -2.39. The third kappa shape index (κ3) is 4.76. The standard InChI is InChI=1S/C31H33N5O3/c1-21-10-16-24(17-11-21)36-28-9-5-4-8-27(28)34(31(36)39)20-22-12-14-23(15-13-22)32-30(38)29-25-6-2-3-7-26(25)33-35(29)18-19-37/h2-11,16-17,22-23,37H,12-15,18-20H2,1H3,(H,32,38)/t22-,23-. The Kier molecular flexibility index (Phi) is 6.79. The van der Waals surface area contributed by atoms with E-state index in [4.69, 9.17) is 0 Å². The van der Waals surface area contributed by atoms with Crippen molar-refractivity contribution < 1.29 is 9.90 Å². The van der Waals surface area contributed by atoms with Gasteiger partial charge in [-0.05, 0) is 68.9 Å². The van der Waals surface area contributed by atoms with E-state index in [1.165, 1.54) is 0 Å². The van der Waals surface area contributed by atoms with Gasteiger partial charge in [-0.15, -0.1) is 0 Å². The van der Waals surface area contributed by atoms with Crippen LogP contribution in [0.5, 0.6) is 0 Å². The van der Waals surface area contributed by atoms with Crippen LogP contribution in [0, 0.1) is 12.8 Å². The smallest absolute Gasteiger partial charge is 0.333 e. The van der Waals surface area contributed by atoms with E-state index < -0.39 is 0 Å². The van der Waals surface area contributed by atoms with Crippen molar-refractivity contribution in [3.63, 3.8) is 0 Å². The van der Waals surface area contributed by atoms with E-state index in [0.29, 0.717) is 18.2 Å². The molecule has 1 aliphatic carbocycles. The van der Waals surface area contributed by atoms with Gasteiger partial charge in [-0.3, -0.25) is 18.6 Å². The summed E-state index contributed by atoms with van der Waals surface area (Å²) in [7, 11) is 0. The second-order valence-electron chi connectivity index (χ2n) is 10.6. The topological polar surface area (TPSA) is 94.1 Å². The quantitative estimate of drug-likeness (QED) is 0.330. The Bertz CT molecular complexity index is 1690.